The van der Waals surface area contributed by atoms with E-state index in [0.717, 1.165) is 29.3 Å². The number of anilines is 2. The molecule has 88 valence electrons. The summed E-state index contributed by atoms with van der Waals surface area (Å²) in [6.45, 7) is 2.79. The molecule has 17 heavy (non-hydrogen) atoms. The number of aryl methyl sites for hydroxylation is 1. The van der Waals surface area contributed by atoms with Gasteiger partial charge >= 0.3 is 0 Å². The SMILES string of the molecule is Cc1cccc(CN(C)c2cccc(N)c2)n1. The van der Waals surface area contributed by atoms with E-state index >= 15 is 0 Å². The van der Waals surface area contributed by atoms with Gasteiger partial charge in [-0.15, -0.1) is 0 Å². The van der Waals surface area contributed by atoms with Gasteiger partial charge in [0.05, 0.1) is 12.2 Å². The van der Waals surface area contributed by atoms with Crippen molar-refractivity contribution in [3.05, 3.63) is 53.9 Å². The molecular weight excluding hydrogens is 210 g/mol. The number of hydrogen-bond acceptors (Lipinski definition) is 3. The molecule has 0 saturated carbocycles. The quantitative estimate of drug-likeness (QED) is 0.819. The van der Waals surface area contributed by atoms with Gasteiger partial charge in [0.1, 0.15) is 0 Å². The van der Waals surface area contributed by atoms with Crippen LogP contribution >= 0.6 is 0 Å². The van der Waals surface area contributed by atoms with Crippen LogP contribution in [0.5, 0.6) is 0 Å². The first kappa shape index (κ1) is 11.5. The molecule has 2 N–H and O–H groups in total. The molecule has 1 heterocycles. The lowest BCUT2D eigenvalue weighted by Gasteiger charge is -2.19. The number of rotatable bonds is 3. The molecule has 2 rings (SSSR count). The molecule has 3 heteroatoms. The zero-order valence-electron chi connectivity index (χ0n) is 10.2. The van der Waals surface area contributed by atoms with E-state index in [4.69, 9.17) is 5.73 Å². The number of aromatic nitrogens is 1. The number of nitrogens with zero attached hydrogens (tertiary/aromatic N) is 2. The summed E-state index contributed by atoms with van der Waals surface area (Å²) in [6, 6.07) is 13.9. The number of pyridine rings is 1. The van der Waals surface area contributed by atoms with Gasteiger partial charge in [-0.3, -0.25) is 4.98 Å². The van der Waals surface area contributed by atoms with Gasteiger partial charge < -0.3 is 10.6 Å². The summed E-state index contributed by atoms with van der Waals surface area (Å²) in [5.74, 6) is 0. The minimum atomic E-state index is 0.783. The Balaban J connectivity index is 2.14. The van der Waals surface area contributed by atoms with E-state index in [1.165, 1.54) is 0 Å². The summed E-state index contributed by atoms with van der Waals surface area (Å²) in [6.07, 6.45) is 0. The molecule has 0 amide bonds. The van der Waals surface area contributed by atoms with Crippen LogP contribution in [0.15, 0.2) is 42.5 Å². The minimum absolute atomic E-state index is 0.783. The van der Waals surface area contributed by atoms with Crippen LogP contribution in [0.25, 0.3) is 0 Å². The van der Waals surface area contributed by atoms with Crippen molar-refractivity contribution in [2.24, 2.45) is 0 Å². The van der Waals surface area contributed by atoms with Crippen molar-refractivity contribution in [1.29, 1.82) is 0 Å². The van der Waals surface area contributed by atoms with E-state index in [1.807, 2.05) is 56.4 Å². The van der Waals surface area contributed by atoms with Gasteiger partial charge in [-0.25, -0.2) is 0 Å². The van der Waals surface area contributed by atoms with Crippen molar-refractivity contribution in [2.45, 2.75) is 13.5 Å². The highest BCUT2D eigenvalue weighted by molar-refractivity contribution is 5.55. The fourth-order valence-corrected chi connectivity index (χ4v) is 1.78. The molecule has 1 aromatic heterocycles. The molecule has 0 aliphatic rings. The minimum Gasteiger partial charge on any atom is -0.399 e. The molecule has 0 spiro atoms. The van der Waals surface area contributed by atoms with Crippen molar-refractivity contribution in [1.82, 2.24) is 4.98 Å². The summed E-state index contributed by atoms with van der Waals surface area (Å²) in [5, 5.41) is 0. The lowest BCUT2D eigenvalue weighted by Crippen LogP contribution is -2.17. The third-order valence-corrected chi connectivity index (χ3v) is 2.66. The lowest BCUT2D eigenvalue weighted by atomic mass is 10.2. The van der Waals surface area contributed by atoms with E-state index in [1.54, 1.807) is 0 Å². The fourth-order valence-electron chi connectivity index (χ4n) is 1.78. The van der Waals surface area contributed by atoms with Gasteiger partial charge in [0, 0.05) is 24.1 Å². The second-order valence-corrected chi connectivity index (χ2v) is 4.22. The highest BCUT2D eigenvalue weighted by atomic mass is 15.1. The Morgan fingerprint density at radius 3 is 2.65 bits per heavy atom. The first-order valence-electron chi connectivity index (χ1n) is 5.64. The second-order valence-electron chi connectivity index (χ2n) is 4.22. The Hall–Kier alpha value is -2.03. The number of benzene rings is 1. The van der Waals surface area contributed by atoms with Gasteiger partial charge in [0.2, 0.25) is 0 Å². The smallest absolute Gasteiger partial charge is 0.0600 e. The maximum atomic E-state index is 5.77. The first-order valence-corrected chi connectivity index (χ1v) is 5.64. The Morgan fingerprint density at radius 2 is 1.94 bits per heavy atom. The number of nitrogens with two attached hydrogens (primary N) is 1. The molecule has 2 aromatic rings. The molecule has 0 radical (unpaired) electrons. The third kappa shape index (κ3) is 2.97. The Morgan fingerprint density at radius 1 is 1.18 bits per heavy atom. The summed E-state index contributed by atoms with van der Waals surface area (Å²) < 4.78 is 0. The molecule has 0 saturated heterocycles. The molecule has 3 nitrogen and oxygen atoms in total. The Labute approximate surface area is 102 Å². The molecule has 0 aliphatic carbocycles. The van der Waals surface area contributed by atoms with Crippen LogP contribution in [0.2, 0.25) is 0 Å². The van der Waals surface area contributed by atoms with Crippen molar-refractivity contribution >= 4 is 11.4 Å². The summed E-state index contributed by atoms with van der Waals surface area (Å²) in [7, 11) is 2.04. The standard InChI is InChI=1S/C14H17N3/c1-11-5-3-7-13(16-11)10-17(2)14-8-4-6-12(15)9-14/h3-9H,10,15H2,1-2H3. The van der Waals surface area contributed by atoms with Crippen LogP contribution in [0, 0.1) is 6.92 Å². The highest BCUT2D eigenvalue weighted by Crippen LogP contribution is 2.17. The second kappa shape index (κ2) is 4.87. The van der Waals surface area contributed by atoms with Crippen LogP contribution in [-0.2, 0) is 6.54 Å². The summed E-state index contributed by atoms with van der Waals surface area (Å²) in [4.78, 5) is 6.63. The predicted octanol–water partition coefficient (Wildman–Crippen LogP) is 2.61. The van der Waals surface area contributed by atoms with Crippen molar-refractivity contribution in [3.8, 4) is 0 Å². The van der Waals surface area contributed by atoms with Crippen LogP contribution < -0.4 is 10.6 Å². The van der Waals surface area contributed by atoms with Crippen LogP contribution in [-0.4, -0.2) is 12.0 Å². The van der Waals surface area contributed by atoms with E-state index in [9.17, 15) is 0 Å². The predicted molar refractivity (Wildman–Crippen MR) is 71.9 cm³/mol. The topological polar surface area (TPSA) is 42.1 Å². The monoisotopic (exact) mass is 227 g/mol. The average Bonchev–Trinajstić information content (AvgIpc) is 2.29. The van der Waals surface area contributed by atoms with Gasteiger partial charge in [0.25, 0.3) is 0 Å². The van der Waals surface area contributed by atoms with Crippen molar-refractivity contribution in [2.75, 3.05) is 17.7 Å². The van der Waals surface area contributed by atoms with Crippen LogP contribution in [0.1, 0.15) is 11.4 Å². The Kier molecular flexibility index (Phi) is 3.28. The normalized spacial score (nSPS) is 10.2. The van der Waals surface area contributed by atoms with Gasteiger partial charge in [-0.05, 0) is 37.3 Å². The zero-order chi connectivity index (χ0) is 12.3. The van der Waals surface area contributed by atoms with E-state index in [-0.39, 0.29) is 0 Å². The molecule has 0 bridgehead atoms. The molecule has 0 unspecified atom stereocenters. The number of hydrogen-bond donors (Lipinski definition) is 1. The number of nitrogen functional groups attached to an aromatic ring is 1. The molecule has 1 aromatic carbocycles. The molecule has 0 fully saturated rings. The maximum absolute atomic E-state index is 5.77. The van der Waals surface area contributed by atoms with Crippen LogP contribution in [0.4, 0.5) is 11.4 Å². The first-order chi connectivity index (χ1) is 8.15. The third-order valence-electron chi connectivity index (χ3n) is 2.66. The molecular formula is C14H17N3. The van der Waals surface area contributed by atoms with E-state index in [0.29, 0.717) is 0 Å². The van der Waals surface area contributed by atoms with Gasteiger partial charge in [0.15, 0.2) is 0 Å². The van der Waals surface area contributed by atoms with Crippen LogP contribution in [0.3, 0.4) is 0 Å². The fraction of sp³-hybridized carbons (Fsp3) is 0.214. The lowest BCUT2D eigenvalue weighted by molar-refractivity contribution is 0.877. The van der Waals surface area contributed by atoms with E-state index in [2.05, 4.69) is 9.88 Å². The summed E-state index contributed by atoms with van der Waals surface area (Å²) in [5.41, 5.74) is 9.77. The van der Waals surface area contributed by atoms with Crippen molar-refractivity contribution < 1.29 is 0 Å². The maximum Gasteiger partial charge on any atom is 0.0600 e. The molecule has 0 aliphatic heterocycles. The highest BCUT2D eigenvalue weighted by Gasteiger charge is 2.03. The summed E-state index contributed by atoms with van der Waals surface area (Å²) >= 11 is 0. The van der Waals surface area contributed by atoms with Gasteiger partial charge in [-0.1, -0.05) is 12.1 Å². The van der Waals surface area contributed by atoms with Crippen molar-refractivity contribution in [3.63, 3.8) is 0 Å². The Bertz CT molecular complexity index is 508. The zero-order valence-corrected chi connectivity index (χ0v) is 10.2. The average molecular weight is 227 g/mol. The largest absolute Gasteiger partial charge is 0.399 e. The van der Waals surface area contributed by atoms with Gasteiger partial charge in [-0.2, -0.15) is 0 Å². The molecule has 0 atom stereocenters. The van der Waals surface area contributed by atoms with E-state index < -0.39 is 0 Å².